The highest BCUT2D eigenvalue weighted by Gasteiger charge is 2.19. The lowest BCUT2D eigenvalue weighted by Gasteiger charge is -2.12. The quantitative estimate of drug-likeness (QED) is 0.478. The summed E-state index contributed by atoms with van der Waals surface area (Å²) in [5.41, 5.74) is 3.03. The average molecular weight is 461 g/mol. The molecule has 2 heterocycles. The molecule has 174 valence electrons. The van der Waals surface area contributed by atoms with Crippen LogP contribution in [0, 0.1) is 5.82 Å². The first-order valence-electron chi connectivity index (χ1n) is 11.3. The van der Waals surface area contributed by atoms with E-state index in [1.165, 1.54) is 40.0 Å². The molecule has 1 N–H and O–H groups in total. The summed E-state index contributed by atoms with van der Waals surface area (Å²) in [6.45, 7) is 2.04. The zero-order valence-corrected chi connectivity index (χ0v) is 18.8. The lowest BCUT2D eigenvalue weighted by Crippen LogP contribution is -2.41. The van der Waals surface area contributed by atoms with E-state index in [4.69, 9.17) is 0 Å². The Morgan fingerprint density at radius 2 is 1.82 bits per heavy atom. The Hall–Kier alpha value is -4.01. The van der Waals surface area contributed by atoms with Crippen molar-refractivity contribution in [2.45, 2.75) is 45.8 Å². The van der Waals surface area contributed by atoms with E-state index in [0.717, 1.165) is 23.8 Å². The third-order valence-electron chi connectivity index (χ3n) is 6.20. The fourth-order valence-corrected chi connectivity index (χ4v) is 4.44. The fraction of sp³-hybridized carbons (Fsp3) is 0.280. The van der Waals surface area contributed by atoms with Gasteiger partial charge >= 0.3 is 5.69 Å². The van der Waals surface area contributed by atoms with Gasteiger partial charge in [-0.2, -0.15) is 5.10 Å². The van der Waals surface area contributed by atoms with E-state index in [1.54, 1.807) is 10.9 Å². The summed E-state index contributed by atoms with van der Waals surface area (Å²) < 4.78 is 17.2. The molecule has 1 aliphatic carbocycles. The lowest BCUT2D eigenvalue weighted by atomic mass is 10.1. The molecule has 0 bridgehead atoms. The smallest absolute Gasteiger partial charge is 0.325 e. The van der Waals surface area contributed by atoms with Gasteiger partial charge < -0.3 is 5.32 Å². The maximum absolute atomic E-state index is 13.3. The molecule has 0 spiro atoms. The molecule has 9 heteroatoms. The van der Waals surface area contributed by atoms with Crippen molar-refractivity contribution in [3.63, 3.8) is 0 Å². The molecule has 2 aromatic heterocycles. The normalized spacial score (nSPS) is 12.8. The summed E-state index contributed by atoms with van der Waals surface area (Å²) >= 11 is 0. The van der Waals surface area contributed by atoms with Crippen molar-refractivity contribution in [2.75, 3.05) is 5.32 Å². The van der Waals surface area contributed by atoms with Gasteiger partial charge in [0.25, 0.3) is 5.56 Å². The summed E-state index contributed by atoms with van der Waals surface area (Å²) in [5.74, 6) is -0.786. The van der Waals surface area contributed by atoms with E-state index in [9.17, 15) is 18.8 Å². The zero-order valence-electron chi connectivity index (χ0n) is 18.8. The molecule has 0 saturated carbocycles. The van der Waals surface area contributed by atoms with Crippen LogP contribution >= 0.6 is 0 Å². The molecule has 0 saturated heterocycles. The van der Waals surface area contributed by atoms with Gasteiger partial charge in [0, 0.05) is 18.4 Å². The molecule has 34 heavy (non-hydrogen) atoms. The number of nitrogens with one attached hydrogen (secondary N) is 1. The van der Waals surface area contributed by atoms with E-state index >= 15 is 0 Å². The van der Waals surface area contributed by atoms with Crippen LogP contribution < -0.4 is 16.6 Å². The second-order valence-corrected chi connectivity index (χ2v) is 8.49. The minimum atomic E-state index is -0.624. The molecule has 1 aliphatic rings. The molecular weight excluding hydrogens is 437 g/mol. The number of aromatic nitrogens is 4. The van der Waals surface area contributed by atoms with Crippen LogP contribution in [-0.2, 0) is 37.3 Å². The lowest BCUT2D eigenvalue weighted by molar-refractivity contribution is -0.116. The standard InChI is InChI=1S/C25H24FN5O3/c1-2-29-14-21-23(28-29)24(33)31(13-16-6-9-19(26)10-7-16)25(34)30(21)15-22(32)27-20-11-8-17-4-3-5-18(17)12-20/h6-12,14H,2-5,13,15H2,1H3,(H,27,32). The molecule has 0 fully saturated rings. The Bertz CT molecular complexity index is 1510. The predicted octanol–water partition coefficient (Wildman–Crippen LogP) is 2.69. The molecule has 2 aromatic carbocycles. The van der Waals surface area contributed by atoms with Gasteiger partial charge in [-0.15, -0.1) is 0 Å². The van der Waals surface area contributed by atoms with Crippen molar-refractivity contribution in [1.82, 2.24) is 18.9 Å². The minimum absolute atomic E-state index is 0.0562. The van der Waals surface area contributed by atoms with Gasteiger partial charge in [-0.05, 0) is 67.1 Å². The van der Waals surface area contributed by atoms with Crippen LogP contribution in [0.5, 0.6) is 0 Å². The minimum Gasteiger partial charge on any atom is -0.325 e. The molecule has 5 rings (SSSR count). The summed E-state index contributed by atoms with van der Waals surface area (Å²) in [4.78, 5) is 39.4. The van der Waals surface area contributed by atoms with Gasteiger partial charge in [-0.1, -0.05) is 18.2 Å². The molecule has 4 aromatic rings. The van der Waals surface area contributed by atoms with Crippen LogP contribution in [-0.4, -0.2) is 24.8 Å². The maximum Gasteiger partial charge on any atom is 0.332 e. The topological polar surface area (TPSA) is 90.9 Å². The monoisotopic (exact) mass is 461 g/mol. The molecule has 0 unspecified atom stereocenters. The summed E-state index contributed by atoms with van der Waals surface area (Å²) in [5, 5.41) is 7.18. The largest absolute Gasteiger partial charge is 0.332 e. The summed E-state index contributed by atoms with van der Waals surface area (Å²) in [7, 11) is 0. The molecule has 0 aliphatic heterocycles. The number of fused-ring (bicyclic) bond motifs is 2. The third kappa shape index (κ3) is 4.05. The Kier molecular flexibility index (Phi) is 5.61. The average Bonchev–Trinajstić information content (AvgIpc) is 3.47. The number of nitrogens with zero attached hydrogens (tertiary/aromatic N) is 4. The highest BCUT2D eigenvalue weighted by molar-refractivity contribution is 5.91. The van der Waals surface area contributed by atoms with Crippen molar-refractivity contribution in [1.29, 1.82) is 0 Å². The number of aryl methyl sites for hydroxylation is 3. The number of hydrogen-bond acceptors (Lipinski definition) is 4. The first-order chi connectivity index (χ1) is 16.4. The molecular formula is C25H24FN5O3. The highest BCUT2D eigenvalue weighted by Crippen LogP contribution is 2.25. The van der Waals surface area contributed by atoms with Crippen LogP contribution in [0.3, 0.4) is 0 Å². The van der Waals surface area contributed by atoms with Gasteiger partial charge in [0.2, 0.25) is 5.91 Å². The van der Waals surface area contributed by atoms with Gasteiger partial charge in [-0.3, -0.25) is 23.4 Å². The number of anilines is 1. The van der Waals surface area contributed by atoms with Crippen LogP contribution in [0.4, 0.5) is 10.1 Å². The summed E-state index contributed by atoms with van der Waals surface area (Å²) in [6, 6.07) is 11.4. The number of rotatable bonds is 6. The first-order valence-corrected chi connectivity index (χ1v) is 11.3. The molecule has 8 nitrogen and oxygen atoms in total. The van der Waals surface area contributed by atoms with Crippen molar-refractivity contribution in [3.8, 4) is 0 Å². The first kappa shape index (κ1) is 21.8. The number of hydrogen-bond donors (Lipinski definition) is 1. The van der Waals surface area contributed by atoms with Gasteiger partial charge in [0.1, 0.15) is 12.4 Å². The molecule has 0 radical (unpaired) electrons. The van der Waals surface area contributed by atoms with Crippen LogP contribution in [0.25, 0.3) is 11.0 Å². The second-order valence-electron chi connectivity index (χ2n) is 8.49. The molecule has 1 amide bonds. The third-order valence-corrected chi connectivity index (χ3v) is 6.20. The number of benzene rings is 2. The van der Waals surface area contributed by atoms with Crippen molar-refractivity contribution in [2.24, 2.45) is 0 Å². The fourth-order valence-electron chi connectivity index (χ4n) is 4.44. The SMILES string of the molecule is CCn1cc2c(n1)c(=O)n(Cc1ccc(F)cc1)c(=O)n2CC(=O)Nc1ccc2c(c1)CCC2. The van der Waals surface area contributed by atoms with E-state index in [1.807, 2.05) is 25.1 Å². The van der Waals surface area contributed by atoms with Crippen molar-refractivity contribution >= 4 is 22.6 Å². The number of carbonyl (C=O) groups excluding carboxylic acids is 1. The van der Waals surface area contributed by atoms with Gasteiger partial charge in [-0.25, -0.2) is 9.18 Å². The van der Waals surface area contributed by atoms with Gasteiger partial charge in [0.05, 0.1) is 12.1 Å². The van der Waals surface area contributed by atoms with Crippen LogP contribution in [0.2, 0.25) is 0 Å². The van der Waals surface area contributed by atoms with Crippen molar-refractivity contribution in [3.05, 3.63) is 92.0 Å². The van der Waals surface area contributed by atoms with E-state index in [0.29, 0.717) is 23.3 Å². The van der Waals surface area contributed by atoms with E-state index < -0.39 is 17.1 Å². The Morgan fingerprint density at radius 1 is 1.06 bits per heavy atom. The Morgan fingerprint density at radius 3 is 2.59 bits per heavy atom. The zero-order chi connectivity index (χ0) is 23.8. The Balaban J connectivity index is 1.51. The maximum atomic E-state index is 13.3. The molecule has 0 atom stereocenters. The van der Waals surface area contributed by atoms with Crippen molar-refractivity contribution < 1.29 is 9.18 Å². The van der Waals surface area contributed by atoms with Crippen LogP contribution in [0.1, 0.15) is 30.0 Å². The number of carbonyl (C=O) groups is 1. The number of halogens is 1. The highest BCUT2D eigenvalue weighted by atomic mass is 19.1. The summed E-state index contributed by atoms with van der Waals surface area (Å²) in [6.07, 6.45) is 4.75. The second kappa shape index (κ2) is 8.74. The predicted molar refractivity (Wildman–Crippen MR) is 127 cm³/mol. The van der Waals surface area contributed by atoms with E-state index in [2.05, 4.69) is 10.4 Å². The van der Waals surface area contributed by atoms with E-state index in [-0.39, 0.29) is 24.5 Å². The van der Waals surface area contributed by atoms with Crippen LogP contribution in [0.15, 0.2) is 58.3 Å². The number of amides is 1. The Labute approximate surface area is 194 Å². The van der Waals surface area contributed by atoms with Gasteiger partial charge in [0.15, 0.2) is 5.52 Å².